The van der Waals surface area contributed by atoms with E-state index in [1.54, 1.807) is 25.2 Å². The molecule has 0 saturated carbocycles. The highest BCUT2D eigenvalue weighted by Gasteiger charge is 2.11. The second-order valence-electron chi connectivity index (χ2n) is 4.10. The molecule has 0 fully saturated rings. The van der Waals surface area contributed by atoms with E-state index in [-0.39, 0.29) is 6.03 Å². The van der Waals surface area contributed by atoms with Crippen LogP contribution >= 0.6 is 39.1 Å². The molecule has 0 aliphatic carbocycles. The highest BCUT2D eigenvalue weighted by atomic mass is 79.9. The molecule has 20 heavy (non-hydrogen) atoms. The van der Waals surface area contributed by atoms with Gasteiger partial charge in [-0.1, -0.05) is 45.2 Å². The molecule has 0 heterocycles. The summed E-state index contributed by atoms with van der Waals surface area (Å²) in [5.41, 5.74) is 1.36. The number of nitrogens with one attached hydrogen (secondary N) is 1. The quantitative estimate of drug-likeness (QED) is 0.748. The van der Waals surface area contributed by atoms with Crippen LogP contribution in [0.1, 0.15) is 0 Å². The third-order valence-corrected chi connectivity index (χ3v) is 3.90. The lowest BCUT2D eigenvalue weighted by atomic mass is 10.3. The van der Waals surface area contributed by atoms with E-state index < -0.39 is 0 Å². The normalized spacial score (nSPS) is 10.2. The Bertz CT molecular complexity index is 649. The first kappa shape index (κ1) is 15.2. The van der Waals surface area contributed by atoms with Crippen LogP contribution in [0.2, 0.25) is 10.0 Å². The summed E-state index contributed by atoms with van der Waals surface area (Å²) in [6, 6.07) is 12.1. The molecule has 0 aliphatic rings. The third kappa shape index (κ3) is 3.66. The minimum Gasteiger partial charge on any atom is -0.307 e. The molecule has 2 aromatic rings. The van der Waals surface area contributed by atoms with Gasteiger partial charge in [-0.2, -0.15) is 0 Å². The fraction of sp³-hybridized carbons (Fsp3) is 0.0714. The first-order chi connectivity index (χ1) is 9.47. The van der Waals surface area contributed by atoms with Crippen molar-refractivity contribution in [3.63, 3.8) is 0 Å². The zero-order valence-corrected chi connectivity index (χ0v) is 13.6. The highest BCUT2D eigenvalue weighted by Crippen LogP contribution is 2.25. The highest BCUT2D eigenvalue weighted by molar-refractivity contribution is 9.10. The maximum Gasteiger partial charge on any atom is 0.326 e. The number of halogens is 3. The number of carbonyl (C=O) groups excluding carboxylic acids is 1. The van der Waals surface area contributed by atoms with Crippen molar-refractivity contribution in [1.82, 2.24) is 0 Å². The van der Waals surface area contributed by atoms with Crippen LogP contribution in [0, 0.1) is 0 Å². The van der Waals surface area contributed by atoms with Crippen LogP contribution in [0.5, 0.6) is 0 Å². The van der Waals surface area contributed by atoms with Crippen molar-refractivity contribution in [3.8, 4) is 0 Å². The average molecular weight is 374 g/mol. The molecular formula is C14H11BrCl2N2O. The predicted molar refractivity (Wildman–Crippen MR) is 88.0 cm³/mol. The minimum absolute atomic E-state index is 0.263. The SMILES string of the molecule is CN(C(=O)Nc1ccc(Cl)c(Cl)c1)c1cccc(Br)c1. The Morgan fingerprint density at radius 3 is 2.55 bits per heavy atom. The van der Waals surface area contributed by atoms with Crippen molar-refractivity contribution in [2.75, 3.05) is 17.3 Å². The number of amides is 2. The second-order valence-corrected chi connectivity index (χ2v) is 5.83. The van der Waals surface area contributed by atoms with Gasteiger partial charge < -0.3 is 5.32 Å². The summed E-state index contributed by atoms with van der Waals surface area (Å²) < 4.78 is 0.907. The second kappa shape index (κ2) is 6.48. The molecule has 3 nitrogen and oxygen atoms in total. The molecule has 2 aromatic carbocycles. The molecule has 6 heteroatoms. The van der Waals surface area contributed by atoms with Gasteiger partial charge in [-0.05, 0) is 36.4 Å². The van der Waals surface area contributed by atoms with E-state index in [1.807, 2.05) is 24.3 Å². The van der Waals surface area contributed by atoms with Gasteiger partial charge in [0.2, 0.25) is 0 Å². The first-order valence-corrected chi connectivity index (χ1v) is 7.27. The predicted octanol–water partition coefficient (Wildman–Crippen LogP) is 5.42. The first-order valence-electron chi connectivity index (χ1n) is 5.72. The average Bonchev–Trinajstić information content (AvgIpc) is 2.42. The Hall–Kier alpha value is -1.23. The van der Waals surface area contributed by atoms with Gasteiger partial charge in [0.05, 0.1) is 10.0 Å². The fourth-order valence-corrected chi connectivity index (χ4v) is 2.27. The maximum absolute atomic E-state index is 12.1. The Balaban J connectivity index is 2.13. The molecule has 104 valence electrons. The van der Waals surface area contributed by atoms with Crippen molar-refractivity contribution in [3.05, 3.63) is 57.0 Å². The van der Waals surface area contributed by atoms with E-state index >= 15 is 0 Å². The van der Waals surface area contributed by atoms with Gasteiger partial charge in [0.15, 0.2) is 0 Å². The van der Waals surface area contributed by atoms with Crippen LogP contribution in [0.4, 0.5) is 16.2 Å². The molecule has 1 N–H and O–H groups in total. The lowest BCUT2D eigenvalue weighted by Crippen LogP contribution is -2.31. The van der Waals surface area contributed by atoms with E-state index in [9.17, 15) is 4.79 Å². The number of hydrogen-bond donors (Lipinski definition) is 1. The molecule has 0 atom stereocenters. The summed E-state index contributed by atoms with van der Waals surface area (Å²) in [4.78, 5) is 13.7. The zero-order chi connectivity index (χ0) is 14.7. The van der Waals surface area contributed by atoms with E-state index in [1.165, 1.54) is 4.90 Å². The van der Waals surface area contributed by atoms with Gasteiger partial charge in [0, 0.05) is 22.9 Å². The van der Waals surface area contributed by atoms with Crippen LogP contribution < -0.4 is 10.2 Å². The smallest absolute Gasteiger partial charge is 0.307 e. The Morgan fingerprint density at radius 1 is 1.15 bits per heavy atom. The summed E-state index contributed by atoms with van der Waals surface area (Å²) >= 11 is 15.1. The van der Waals surface area contributed by atoms with Crippen LogP contribution in [0.3, 0.4) is 0 Å². The molecule has 0 aliphatic heterocycles. The van der Waals surface area contributed by atoms with Crippen molar-refractivity contribution in [1.29, 1.82) is 0 Å². The number of urea groups is 1. The van der Waals surface area contributed by atoms with Gasteiger partial charge in [-0.3, -0.25) is 4.90 Å². The molecule has 2 amide bonds. The molecule has 0 aromatic heterocycles. The standard InChI is InChI=1S/C14H11BrCl2N2O/c1-19(11-4-2-3-9(15)7-11)14(20)18-10-5-6-12(16)13(17)8-10/h2-8H,1H3,(H,18,20). The number of benzene rings is 2. The van der Waals surface area contributed by atoms with E-state index in [0.29, 0.717) is 15.7 Å². The Morgan fingerprint density at radius 2 is 1.90 bits per heavy atom. The number of anilines is 2. The van der Waals surface area contributed by atoms with Crippen LogP contribution in [0.25, 0.3) is 0 Å². The maximum atomic E-state index is 12.1. The van der Waals surface area contributed by atoms with Gasteiger partial charge in [-0.15, -0.1) is 0 Å². The fourth-order valence-electron chi connectivity index (χ4n) is 1.58. The third-order valence-electron chi connectivity index (χ3n) is 2.67. The van der Waals surface area contributed by atoms with Crippen molar-refractivity contribution < 1.29 is 4.79 Å². The molecule has 0 bridgehead atoms. The van der Waals surface area contributed by atoms with Gasteiger partial charge >= 0.3 is 6.03 Å². The van der Waals surface area contributed by atoms with Crippen LogP contribution in [-0.2, 0) is 0 Å². The molecular weight excluding hydrogens is 363 g/mol. The Kier molecular flexibility index (Phi) is 4.91. The zero-order valence-electron chi connectivity index (χ0n) is 10.5. The van der Waals surface area contributed by atoms with E-state index in [0.717, 1.165) is 10.2 Å². The largest absolute Gasteiger partial charge is 0.326 e. The summed E-state index contributed by atoms with van der Waals surface area (Å²) in [6.07, 6.45) is 0. The number of hydrogen-bond acceptors (Lipinski definition) is 1. The van der Waals surface area contributed by atoms with E-state index in [4.69, 9.17) is 23.2 Å². The van der Waals surface area contributed by atoms with Crippen molar-refractivity contribution in [2.24, 2.45) is 0 Å². The summed E-state index contributed by atoms with van der Waals surface area (Å²) in [6.45, 7) is 0. The molecule has 0 radical (unpaired) electrons. The lowest BCUT2D eigenvalue weighted by Gasteiger charge is -2.18. The van der Waals surface area contributed by atoms with Crippen molar-refractivity contribution >= 4 is 56.5 Å². The monoisotopic (exact) mass is 372 g/mol. The summed E-state index contributed by atoms with van der Waals surface area (Å²) in [7, 11) is 1.69. The number of carbonyl (C=O) groups is 1. The Labute approximate surface area is 135 Å². The van der Waals surface area contributed by atoms with Gasteiger partial charge in [-0.25, -0.2) is 4.79 Å². The van der Waals surface area contributed by atoms with Gasteiger partial charge in [0.1, 0.15) is 0 Å². The molecule has 2 rings (SSSR count). The number of rotatable bonds is 2. The van der Waals surface area contributed by atoms with Crippen molar-refractivity contribution in [2.45, 2.75) is 0 Å². The summed E-state index contributed by atoms with van der Waals surface area (Å²) in [5, 5.41) is 3.60. The summed E-state index contributed by atoms with van der Waals surface area (Å²) in [5.74, 6) is 0. The molecule has 0 unspecified atom stereocenters. The van der Waals surface area contributed by atoms with Gasteiger partial charge in [0.25, 0.3) is 0 Å². The molecule has 0 saturated heterocycles. The number of nitrogens with zero attached hydrogens (tertiary/aromatic N) is 1. The lowest BCUT2D eigenvalue weighted by molar-refractivity contribution is 0.258. The van der Waals surface area contributed by atoms with Crippen LogP contribution in [0.15, 0.2) is 46.9 Å². The topological polar surface area (TPSA) is 32.3 Å². The van der Waals surface area contributed by atoms with E-state index in [2.05, 4.69) is 21.2 Å². The minimum atomic E-state index is -0.263. The van der Waals surface area contributed by atoms with Crippen LogP contribution in [-0.4, -0.2) is 13.1 Å². The molecule has 0 spiro atoms.